The first-order chi connectivity index (χ1) is 3.31. The van der Waals surface area contributed by atoms with Gasteiger partial charge in [0.15, 0.2) is 0 Å². The van der Waals surface area contributed by atoms with Crippen LogP contribution < -0.4 is 0 Å². The van der Waals surface area contributed by atoms with Crippen LogP contribution in [0.1, 0.15) is 26.2 Å². The Balaban J connectivity index is 2.83. The molecule has 0 bridgehead atoms. The molecular formula is C6H13O-. The maximum Gasteiger partial charge on any atom is 0.0513 e. The standard InChI is InChI=1S/C6H13O/c1-3-5-6(7)4-2/h6-7H,1,3-5H2,2H3/q-1/t6-/m0/s1. The fourth-order valence-corrected chi connectivity index (χ4v) is 0.440. The molecule has 1 atom stereocenters. The normalized spacial score (nSPS) is 14.1. The molecule has 1 N–H and O–H groups in total. The van der Waals surface area contributed by atoms with E-state index in [0.29, 0.717) is 0 Å². The van der Waals surface area contributed by atoms with Gasteiger partial charge in [-0.2, -0.15) is 6.42 Å². The van der Waals surface area contributed by atoms with Crippen molar-refractivity contribution in [2.24, 2.45) is 0 Å². The quantitative estimate of drug-likeness (QED) is 0.532. The van der Waals surface area contributed by atoms with Crippen LogP contribution in [0.5, 0.6) is 0 Å². The second kappa shape index (κ2) is 4.13. The van der Waals surface area contributed by atoms with Gasteiger partial charge in [-0.3, -0.25) is 0 Å². The van der Waals surface area contributed by atoms with Crippen LogP contribution in [0.15, 0.2) is 0 Å². The van der Waals surface area contributed by atoms with E-state index < -0.39 is 0 Å². The Kier molecular flexibility index (Phi) is 4.10. The summed E-state index contributed by atoms with van der Waals surface area (Å²) >= 11 is 0. The lowest BCUT2D eigenvalue weighted by Gasteiger charge is -2.04. The van der Waals surface area contributed by atoms with Crippen LogP contribution in [0, 0.1) is 6.92 Å². The SMILES string of the molecule is [CH2-]CC[C@@H](O)CC. The summed E-state index contributed by atoms with van der Waals surface area (Å²) in [6, 6.07) is 0. The van der Waals surface area contributed by atoms with Crippen LogP contribution in [0.3, 0.4) is 0 Å². The number of hydrogen-bond donors (Lipinski definition) is 1. The minimum Gasteiger partial charge on any atom is -0.393 e. The second-order valence-electron chi connectivity index (χ2n) is 1.70. The molecule has 0 amide bonds. The van der Waals surface area contributed by atoms with Gasteiger partial charge in [0, 0.05) is 0 Å². The second-order valence-corrected chi connectivity index (χ2v) is 1.70. The number of hydrogen-bond acceptors (Lipinski definition) is 1. The van der Waals surface area contributed by atoms with Crippen LogP contribution in [0.4, 0.5) is 0 Å². The van der Waals surface area contributed by atoms with Gasteiger partial charge in [0.25, 0.3) is 0 Å². The van der Waals surface area contributed by atoms with E-state index in [1.54, 1.807) is 0 Å². The third-order valence-corrected chi connectivity index (χ3v) is 1.01. The fraction of sp³-hybridized carbons (Fsp3) is 0.833. The van der Waals surface area contributed by atoms with Crippen molar-refractivity contribution in [3.63, 3.8) is 0 Å². The summed E-state index contributed by atoms with van der Waals surface area (Å²) in [5.74, 6) is 0. The van der Waals surface area contributed by atoms with E-state index >= 15 is 0 Å². The molecule has 0 aromatic carbocycles. The predicted molar refractivity (Wildman–Crippen MR) is 30.9 cm³/mol. The zero-order chi connectivity index (χ0) is 5.70. The van der Waals surface area contributed by atoms with Crippen molar-refractivity contribution in [2.45, 2.75) is 32.3 Å². The zero-order valence-electron chi connectivity index (χ0n) is 4.85. The Hall–Kier alpha value is -0.0400. The van der Waals surface area contributed by atoms with Gasteiger partial charge >= 0.3 is 0 Å². The Morgan fingerprint density at radius 2 is 2.29 bits per heavy atom. The molecule has 0 aliphatic carbocycles. The molecule has 0 aliphatic heterocycles. The Bertz CT molecular complexity index is 35.2. The molecule has 0 aromatic rings. The maximum absolute atomic E-state index is 8.82. The Labute approximate surface area is 45.4 Å². The van der Waals surface area contributed by atoms with Gasteiger partial charge in [0.2, 0.25) is 0 Å². The summed E-state index contributed by atoms with van der Waals surface area (Å²) in [5.41, 5.74) is 0. The molecule has 0 spiro atoms. The molecule has 0 rings (SSSR count). The van der Waals surface area contributed by atoms with E-state index in [1.165, 1.54) is 0 Å². The summed E-state index contributed by atoms with van der Waals surface area (Å²) < 4.78 is 0. The van der Waals surface area contributed by atoms with Crippen LogP contribution in [-0.4, -0.2) is 11.2 Å². The molecule has 0 aromatic heterocycles. The lowest BCUT2D eigenvalue weighted by Crippen LogP contribution is -2.01. The number of aliphatic hydroxyl groups is 1. The van der Waals surface area contributed by atoms with Gasteiger partial charge in [0.1, 0.15) is 0 Å². The molecule has 0 radical (unpaired) electrons. The molecule has 0 fully saturated rings. The van der Waals surface area contributed by atoms with Gasteiger partial charge in [-0.05, 0) is 6.42 Å². The highest BCUT2D eigenvalue weighted by atomic mass is 16.3. The summed E-state index contributed by atoms with van der Waals surface area (Å²) in [5, 5.41) is 8.82. The molecule has 1 heteroatoms. The van der Waals surface area contributed by atoms with Crippen molar-refractivity contribution in [2.75, 3.05) is 0 Å². The first-order valence-corrected chi connectivity index (χ1v) is 2.78. The predicted octanol–water partition coefficient (Wildman–Crippen LogP) is 1.37. The maximum atomic E-state index is 8.82. The Morgan fingerprint density at radius 1 is 1.71 bits per heavy atom. The molecule has 44 valence electrons. The smallest absolute Gasteiger partial charge is 0.0513 e. The van der Waals surface area contributed by atoms with Gasteiger partial charge in [-0.25, -0.2) is 0 Å². The van der Waals surface area contributed by atoms with Crippen molar-refractivity contribution in [3.8, 4) is 0 Å². The van der Waals surface area contributed by atoms with Crippen molar-refractivity contribution in [1.29, 1.82) is 0 Å². The molecular weight excluding hydrogens is 88.1 g/mol. The molecule has 0 aliphatic rings. The Morgan fingerprint density at radius 3 is 2.43 bits per heavy atom. The first kappa shape index (κ1) is 6.96. The van der Waals surface area contributed by atoms with E-state index in [9.17, 15) is 0 Å². The third-order valence-electron chi connectivity index (χ3n) is 1.01. The largest absolute Gasteiger partial charge is 0.393 e. The van der Waals surface area contributed by atoms with Gasteiger partial charge in [0.05, 0.1) is 6.10 Å². The molecule has 7 heavy (non-hydrogen) atoms. The highest BCUT2D eigenvalue weighted by molar-refractivity contribution is 4.51. The monoisotopic (exact) mass is 101 g/mol. The molecule has 0 saturated carbocycles. The first-order valence-electron chi connectivity index (χ1n) is 2.78. The molecule has 1 nitrogen and oxygen atoms in total. The molecule has 0 saturated heterocycles. The van der Waals surface area contributed by atoms with Crippen LogP contribution >= 0.6 is 0 Å². The van der Waals surface area contributed by atoms with Crippen LogP contribution in [0.25, 0.3) is 0 Å². The number of aliphatic hydroxyl groups excluding tert-OH is 1. The highest BCUT2D eigenvalue weighted by Crippen LogP contribution is 1.97. The van der Waals surface area contributed by atoms with Crippen LogP contribution in [0.2, 0.25) is 0 Å². The lowest BCUT2D eigenvalue weighted by atomic mass is 10.2. The van der Waals surface area contributed by atoms with Crippen molar-refractivity contribution >= 4 is 0 Å². The summed E-state index contributed by atoms with van der Waals surface area (Å²) in [6.07, 6.45) is 2.43. The van der Waals surface area contributed by atoms with Crippen molar-refractivity contribution in [3.05, 3.63) is 6.92 Å². The minimum absolute atomic E-state index is 0.113. The van der Waals surface area contributed by atoms with E-state index in [-0.39, 0.29) is 6.10 Å². The highest BCUT2D eigenvalue weighted by Gasteiger charge is 1.92. The topological polar surface area (TPSA) is 20.2 Å². The van der Waals surface area contributed by atoms with Crippen molar-refractivity contribution in [1.82, 2.24) is 0 Å². The van der Waals surface area contributed by atoms with Gasteiger partial charge in [-0.15, -0.1) is 0 Å². The third kappa shape index (κ3) is 3.80. The van der Waals surface area contributed by atoms with E-state index in [0.717, 1.165) is 19.3 Å². The van der Waals surface area contributed by atoms with Crippen LogP contribution in [-0.2, 0) is 0 Å². The van der Waals surface area contributed by atoms with E-state index in [1.807, 2.05) is 6.92 Å². The van der Waals surface area contributed by atoms with Gasteiger partial charge < -0.3 is 12.0 Å². The van der Waals surface area contributed by atoms with E-state index in [2.05, 4.69) is 6.92 Å². The lowest BCUT2D eigenvalue weighted by molar-refractivity contribution is 0.161. The average Bonchev–Trinajstić information content (AvgIpc) is 1.68. The summed E-state index contributed by atoms with van der Waals surface area (Å²) in [7, 11) is 0. The van der Waals surface area contributed by atoms with Gasteiger partial charge in [-0.1, -0.05) is 13.3 Å². The molecule has 0 heterocycles. The average molecular weight is 101 g/mol. The number of rotatable bonds is 3. The van der Waals surface area contributed by atoms with Crippen molar-refractivity contribution < 1.29 is 5.11 Å². The summed E-state index contributed by atoms with van der Waals surface area (Å²) in [4.78, 5) is 0. The summed E-state index contributed by atoms with van der Waals surface area (Å²) in [6.45, 7) is 5.59. The fourth-order valence-electron chi connectivity index (χ4n) is 0.440. The van der Waals surface area contributed by atoms with E-state index in [4.69, 9.17) is 5.11 Å². The minimum atomic E-state index is -0.113. The molecule has 0 unspecified atom stereocenters. The zero-order valence-corrected chi connectivity index (χ0v) is 4.85.